The van der Waals surface area contributed by atoms with E-state index in [9.17, 15) is 0 Å². The van der Waals surface area contributed by atoms with Gasteiger partial charge in [-0.25, -0.2) is 0 Å². The number of hydrogen-bond acceptors (Lipinski definition) is 4. The molecule has 0 spiro atoms. The van der Waals surface area contributed by atoms with Gasteiger partial charge in [-0.05, 0) is 36.7 Å². The van der Waals surface area contributed by atoms with Gasteiger partial charge in [0, 0.05) is 28.2 Å². The lowest BCUT2D eigenvalue weighted by Gasteiger charge is -2.15. The number of methoxy groups -OCH3 is 1. The van der Waals surface area contributed by atoms with Gasteiger partial charge >= 0.3 is 0 Å². The van der Waals surface area contributed by atoms with Gasteiger partial charge in [-0.1, -0.05) is 45.7 Å². The molecule has 0 unspecified atom stereocenters. The SMILES string of the molecule is COc1cc(CNCCCO)c(Br)cc1OCc1ccccc1Cl. The summed E-state index contributed by atoms with van der Waals surface area (Å²) in [5, 5.41) is 12.8. The molecule has 2 aromatic carbocycles. The molecule has 24 heavy (non-hydrogen) atoms. The Hall–Kier alpha value is -1.27. The van der Waals surface area contributed by atoms with Crippen molar-refractivity contribution in [3.8, 4) is 11.5 Å². The Kier molecular flexibility index (Phi) is 7.85. The van der Waals surface area contributed by atoms with Crippen LogP contribution in [-0.4, -0.2) is 25.4 Å². The molecule has 0 atom stereocenters. The highest BCUT2D eigenvalue weighted by atomic mass is 79.9. The van der Waals surface area contributed by atoms with Crippen molar-refractivity contribution in [2.24, 2.45) is 0 Å². The van der Waals surface area contributed by atoms with Gasteiger partial charge in [0.25, 0.3) is 0 Å². The molecule has 2 aromatic rings. The van der Waals surface area contributed by atoms with Crippen molar-refractivity contribution in [1.29, 1.82) is 0 Å². The first kappa shape index (κ1) is 19.1. The summed E-state index contributed by atoms with van der Waals surface area (Å²) < 4.78 is 12.3. The second-order valence-corrected chi connectivity index (χ2v) is 6.49. The summed E-state index contributed by atoms with van der Waals surface area (Å²) in [5.41, 5.74) is 1.99. The fraction of sp³-hybridized carbons (Fsp3) is 0.333. The van der Waals surface area contributed by atoms with Crippen molar-refractivity contribution in [2.75, 3.05) is 20.3 Å². The summed E-state index contributed by atoms with van der Waals surface area (Å²) in [4.78, 5) is 0. The maximum Gasteiger partial charge on any atom is 0.162 e. The van der Waals surface area contributed by atoms with Crippen LogP contribution in [-0.2, 0) is 13.2 Å². The third kappa shape index (κ3) is 5.38. The highest BCUT2D eigenvalue weighted by Crippen LogP contribution is 2.34. The lowest BCUT2D eigenvalue weighted by molar-refractivity contribution is 0.283. The lowest BCUT2D eigenvalue weighted by Crippen LogP contribution is -2.16. The number of halogens is 2. The van der Waals surface area contributed by atoms with Gasteiger partial charge in [0.15, 0.2) is 11.5 Å². The van der Waals surface area contributed by atoms with Gasteiger partial charge in [0.1, 0.15) is 6.61 Å². The first-order valence-corrected chi connectivity index (χ1v) is 8.87. The number of aliphatic hydroxyl groups excluding tert-OH is 1. The zero-order valence-electron chi connectivity index (χ0n) is 13.5. The fourth-order valence-electron chi connectivity index (χ4n) is 2.18. The zero-order valence-corrected chi connectivity index (χ0v) is 15.9. The summed E-state index contributed by atoms with van der Waals surface area (Å²) in [6.45, 7) is 2.00. The van der Waals surface area contributed by atoms with E-state index in [1.807, 2.05) is 36.4 Å². The Bertz CT molecular complexity index is 667. The molecular weight excluding hydrogens is 394 g/mol. The Labute approximate surface area is 155 Å². The molecule has 2 rings (SSSR count). The van der Waals surface area contributed by atoms with Gasteiger partial charge in [0.2, 0.25) is 0 Å². The molecular formula is C18H21BrClNO3. The summed E-state index contributed by atoms with van der Waals surface area (Å²) in [6, 6.07) is 11.4. The third-order valence-corrected chi connectivity index (χ3v) is 4.61. The summed E-state index contributed by atoms with van der Waals surface area (Å²) >= 11 is 9.73. The van der Waals surface area contributed by atoms with E-state index in [0.717, 1.165) is 28.6 Å². The molecule has 0 fully saturated rings. The van der Waals surface area contributed by atoms with E-state index in [1.165, 1.54) is 0 Å². The van der Waals surface area contributed by atoms with Crippen molar-refractivity contribution in [1.82, 2.24) is 5.32 Å². The zero-order chi connectivity index (χ0) is 17.4. The Morgan fingerprint density at radius 2 is 1.96 bits per heavy atom. The van der Waals surface area contributed by atoms with Crippen molar-refractivity contribution >= 4 is 27.5 Å². The molecule has 6 heteroatoms. The smallest absolute Gasteiger partial charge is 0.162 e. The van der Waals surface area contributed by atoms with E-state index >= 15 is 0 Å². The average molecular weight is 415 g/mol. The maximum atomic E-state index is 8.81. The summed E-state index contributed by atoms with van der Waals surface area (Å²) in [7, 11) is 1.62. The lowest BCUT2D eigenvalue weighted by atomic mass is 10.2. The Morgan fingerprint density at radius 1 is 1.17 bits per heavy atom. The second kappa shape index (κ2) is 9.89. The Morgan fingerprint density at radius 3 is 2.67 bits per heavy atom. The molecule has 0 amide bonds. The molecule has 0 bridgehead atoms. The molecule has 0 aliphatic heterocycles. The van der Waals surface area contributed by atoms with Crippen LogP contribution < -0.4 is 14.8 Å². The second-order valence-electron chi connectivity index (χ2n) is 5.23. The van der Waals surface area contributed by atoms with Gasteiger partial charge < -0.3 is 19.9 Å². The van der Waals surface area contributed by atoms with E-state index in [1.54, 1.807) is 7.11 Å². The van der Waals surface area contributed by atoms with Gasteiger partial charge in [-0.3, -0.25) is 0 Å². The standard InChI is InChI=1S/C18H21BrClNO3/c1-23-17-9-14(11-21-7-4-8-22)15(19)10-18(17)24-12-13-5-2-3-6-16(13)20/h2-3,5-6,9-10,21-22H,4,7-8,11-12H2,1H3. The van der Waals surface area contributed by atoms with Crippen LogP contribution in [0.2, 0.25) is 5.02 Å². The van der Waals surface area contributed by atoms with Gasteiger partial charge in [-0.15, -0.1) is 0 Å². The molecule has 0 aliphatic carbocycles. The van der Waals surface area contributed by atoms with E-state index in [4.69, 9.17) is 26.2 Å². The number of hydrogen-bond donors (Lipinski definition) is 2. The van der Waals surface area contributed by atoms with Crippen molar-refractivity contribution in [3.63, 3.8) is 0 Å². The highest BCUT2D eigenvalue weighted by Gasteiger charge is 2.11. The van der Waals surface area contributed by atoms with E-state index in [2.05, 4.69) is 21.2 Å². The quantitative estimate of drug-likeness (QED) is 0.605. The maximum absolute atomic E-state index is 8.81. The monoisotopic (exact) mass is 413 g/mol. The number of nitrogens with one attached hydrogen (secondary N) is 1. The largest absolute Gasteiger partial charge is 0.493 e. The first-order valence-electron chi connectivity index (χ1n) is 7.70. The first-order chi connectivity index (χ1) is 11.7. The molecule has 0 aliphatic rings. The van der Waals surface area contributed by atoms with Crippen LogP contribution in [0, 0.1) is 0 Å². The van der Waals surface area contributed by atoms with Crippen LogP contribution >= 0.6 is 27.5 Å². The normalized spacial score (nSPS) is 10.7. The fourth-order valence-corrected chi connectivity index (χ4v) is 2.84. The average Bonchev–Trinajstić information content (AvgIpc) is 2.59. The van der Waals surface area contributed by atoms with Crippen LogP contribution in [0.25, 0.3) is 0 Å². The van der Waals surface area contributed by atoms with Crippen LogP contribution in [0.3, 0.4) is 0 Å². The molecule has 0 heterocycles. The predicted octanol–water partition coefficient (Wildman–Crippen LogP) is 4.16. The van der Waals surface area contributed by atoms with Crippen molar-refractivity contribution < 1.29 is 14.6 Å². The van der Waals surface area contributed by atoms with Gasteiger partial charge in [0.05, 0.1) is 7.11 Å². The van der Waals surface area contributed by atoms with Crippen LogP contribution in [0.5, 0.6) is 11.5 Å². The minimum absolute atomic E-state index is 0.187. The Balaban J connectivity index is 2.07. The van der Waals surface area contributed by atoms with E-state index < -0.39 is 0 Å². The number of benzene rings is 2. The molecule has 2 N–H and O–H groups in total. The van der Waals surface area contributed by atoms with Crippen LogP contribution in [0.4, 0.5) is 0 Å². The molecule has 0 saturated heterocycles. The number of aliphatic hydroxyl groups is 1. The molecule has 4 nitrogen and oxygen atoms in total. The third-order valence-electron chi connectivity index (χ3n) is 3.50. The number of rotatable bonds is 9. The van der Waals surface area contributed by atoms with Crippen LogP contribution in [0.15, 0.2) is 40.9 Å². The molecule has 0 radical (unpaired) electrons. The molecule has 0 aromatic heterocycles. The minimum atomic E-state index is 0.187. The summed E-state index contributed by atoms with van der Waals surface area (Å²) in [6.07, 6.45) is 0.730. The highest BCUT2D eigenvalue weighted by molar-refractivity contribution is 9.10. The number of ether oxygens (including phenoxy) is 2. The van der Waals surface area contributed by atoms with E-state index in [0.29, 0.717) is 29.7 Å². The van der Waals surface area contributed by atoms with Gasteiger partial charge in [-0.2, -0.15) is 0 Å². The topological polar surface area (TPSA) is 50.7 Å². The van der Waals surface area contributed by atoms with E-state index in [-0.39, 0.29) is 6.61 Å². The molecule has 0 saturated carbocycles. The summed E-state index contributed by atoms with van der Waals surface area (Å²) in [5.74, 6) is 1.33. The predicted molar refractivity (Wildman–Crippen MR) is 99.9 cm³/mol. The molecule has 130 valence electrons. The van der Waals surface area contributed by atoms with Crippen molar-refractivity contribution in [3.05, 3.63) is 57.0 Å². The van der Waals surface area contributed by atoms with Crippen LogP contribution in [0.1, 0.15) is 17.5 Å². The minimum Gasteiger partial charge on any atom is -0.493 e. The van der Waals surface area contributed by atoms with Crippen molar-refractivity contribution in [2.45, 2.75) is 19.6 Å².